The number of piperazine rings is 1. The number of nitrogens with zero attached hydrogens (tertiary/aromatic N) is 4. The number of hydrogen-bond acceptors (Lipinski definition) is 4. The minimum absolute atomic E-state index is 0.0135. The summed E-state index contributed by atoms with van der Waals surface area (Å²) in [5.41, 5.74) is 4.05. The van der Waals surface area contributed by atoms with Gasteiger partial charge in [-0.05, 0) is 57.5 Å². The third-order valence-corrected chi connectivity index (χ3v) is 5.64. The number of aryl methyl sites for hydroxylation is 2. The average molecular weight is 384 g/mol. The molecule has 1 fully saturated rings. The van der Waals surface area contributed by atoms with Crippen LogP contribution in [0.5, 0.6) is 5.75 Å². The van der Waals surface area contributed by atoms with Crippen molar-refractivity contribution in [1.82, 2.24) is 14.7 Å². The highest BCUT2D eigenvalue weighted by Gasteiger charge is 2.34. The van der Waals surface area contributed by atoms with Gasteiger partial charge in [-0.25, -0.2) is 0 Å². The van der Waals surface area contributed by atoms with Crippen LogP contribution in [-0.4, -0.2) is 52.7 Å². The lowest BCUT2D eigenvalue weighted by Gasteiger charge is -2.39. The Balaban J connectivity index is 1.63. The molecular weight excluding hydrogens is 356 g/mol. The van der Waals surface area contributed by atoms with Crippen molar-refractivity contribution in [3.63, 3.8) is 0 Å². The molecule has 0 aliphatic carbocycles. The number of carbonyl (C=O) groups excluding carboxylic acids is 2. The van der Waals surface area contributed by atoms with Gasteiger partial charge in [0.25, 0.3) is 0 Å². The van der Waals surface area contributed by atoms with Crippen molar-refractivity contribution >= 4 is 17.5 Å². The van der Waals surface area contributed by atoms with E-state index in [2.05, 4.69) is 5.10 Å². The molecule has 1 aliphatic rings. The molecule has 150 valence electrons. The summed E-state index contributed by atoms with van der Waals surface area (Å²) in [6.45, 7) is 9.35. The Hall–Kier alpha value is -2.83. The molecule has 1 saturated heterocycles. The van der Waals surface area contributed by atoms with Gasteiger partial charge < -0.3 is 14.5 Å². The van der Waals surface area contributed by atoms with Crippen LogP contribution in [0, 0.1) is 20.8 Å². The lowest BCUT2D eigenvalue weighted by Crippen LogP contribution is -2.57. The van der Waals surface area contributed by atoms with Gasteiger partial charge in [-0.2, -0.15) is 5.10 Å². The predicted molar refractivity (Wildman–Crippen MR) is 108 cm³/mol. The predicted octanol–water partition coefficient (Wildman–Crippen LogP) is 2.47. The fourth-order valence-corrected chi connectivity index (χ4v) is 3.58. The molecule has 0 spiro atoms. The first-order chi connectivity index (χ1) is 13.3. The first-order valence-electron chi connectivity index (χ1n) is 9.59. The second-order valence-electron chi connectivity index (χ2n) is 7.22. The molecule has 0 N–H and O–H groups in total. The van der Waals surface area contributed by atoms with Gasteiger partial charge in [0.2, 0.25) is 11.8 Å². The van der Waals surface area contributed by atoms with Crippen molar-refractivity contribution in [2.75, 3.05) is 25.1 Å². The van der Waals surface area contributed by atoms with Crippen LogP contribution in [-0.2, 0) is 16.1 Å². The van der Waals surface area contributed by atoms with Crippen molar-refractivity contribution < 1.29 is 14.3 Å². The zero-order valence-corrected chi connectivity index (χ0v) is 17.2. The van der Waals surface area contributed by atoms with Crippen LogP contribution in [0.25, 0.3) is 0 Å². The first kappa shape index (κ1) is 19.9. The Morgan fingerprint density at radius 2 is 1.86 bits per heavy atom. The number of hydrogen-bond donors (Lipinski definition) is 0. The highest BCUT2D eigenvalue weighted by Crippen LogP contribution is 2.23. The molecule has 7 heteroatoms. The molecule has 1 aromatic carbocycles. The van der Waals surface area contributed by atoms with Crippen LogP contribution < -0.4 is 9.64 Å². The Morgan fingerprint density at radius 1 is 1.18 bits per heavy atom. The Morgan fingerprint density at radius 3 is 2.43 bits per heavy atom. The van der Waals surface area contributed by atoms with E-state index in [0.29, 0.717) is 26.1 Å². The summed E-state index contributed by atoms with van der Waals surface area (Å²) in [5.74, 6) is 0.671. The summed E-state index contributed by atoms with van der Waals surface area (Å²) in [7, 11) is 1.61. The summed E-state index contributed by atoms with van der Waals surface area (Å²) < 4.78 is 7.05. The zero-order chi connectivity index (χ0) is 20.4. The van der Waals surface area contributed by atoms with Gasteiger partial charge in [-0.3, -0.25) is 14.3 Å². The molecule has 2 aromatic rings. The van der Waals surface area contributed by atoms with Crippen molar-refractivity contribution in [2.45, 2.75) is 46.7 Å². The first-order valence-corrected chi connectivity index (χ1v) is 9.59. The molecular formula is C21H28N4O3. The highest BCUT2D eigenvalue weighted by atomic mass is 16.5. The molecule has 0 radical (unpaired) electrons. The van der Waals surface area contributed by atoms with E-state index in [1.165, 1.54) is 0 Å². The number of ether oxygens (including phenoxy) is 1. The summed E-state index contributed by atoms with van der Waals surface area (Å²) >= 11 is 0. The summed E-state index contributed by atoms with van der Waals surface area (Å²) in [5, 5.41) is 4.49. The maximum absolute atomic E-state index is 12.9. The molecule has 1 aliphatic heterocycles. The van der Waals surface area contributed by atoms with Gasteiger partial charge >= 0.3 is 0 Å². The van der Waals surface area contributed by atoms with Crippen LogP contribution in [0.4, 0.5) is 5.69 Å². The normalized spacial score (nSPS) is 17.2. The number of carbonyl (C=O) groups is 2. The minimum atomic E-state index is -0.481. The topological polar surface area (TPSA) is 67.7 Å². The number of amides is 2. The largest absolute Gasteiger partial charge is 0.497 e. The molecule has 1 atom stereocenters. The molecule has 2 amide bonds. The number of benzene rings is 1. The van der Waals surface area contributed by atoms with Crippen molar-refractivity contribution in [1.29, 1.82) is 0 Å². The monoisotopic (exact) mass is 384 g/mol. The van der Waals surface area contributed by atoms with E-state index in [-0.39, 0.29) is 11.8 Å². The molecule has 7 nitrogen and oxygen atoms in total. The molecule has 0 bridgehead atoms. The SMILES string of the molecule is COc1ccc(N2CCN(C(=O)CCn3nc(C)c(C)c3C)[C@H](C)C2=O)cc1. The molecule has 1 aromatic heterocycles. The maximum atomic E-state index is 12.9. The van der Waals surface area contributed by atoms with E-state index in [4.69, 9.17) is 4.74 Å². The van der Waals surface area contributed by atoms with Crippen LogP contribution in [0.2, 0.25) is 0 Å². The summed E-state index contributed by atoms with van der Waals surface area (Å²) in [6.07, 6.45) is 0.335. The maximum Gasteiger partial charge on any atom is 0.249 e. The van der Waals surface area contributed by atoms with Gasteiger partial charge in [0, 0.05) is 37.4 Å². The van der Waals surface area contributed by atoms with Gasteiger partial charge in [0.1, 0.15) is 11.8 Å². The fraction of sp³-hybridized carbons (Fsp3) is 0.476. The third kappa shape index (κ3) is 3.74. The average Bonchev–Trinajstić information content (AvgIpc) is 2.95. The molecule has 3 rings (SSSR count). The minimum Gasteiger partial charge on any atom is -0.497 e. The van der Waals surface area contributed by atoms with E-state index >= 15 is 0 Å². The Kier molecular flexibility index (Phi) is 5.72. The van der Waals surface area contributed by atoms with E-state index < -0.39 is 6.04 Å². The molecule has 0 saturated carbocycles. The van der Waals surface area contributed by atoms with E-state index in [0.717, 1.165) is 28.4 Å². The third-order valence-electron chi connectivity index (χ3n) is 5.64. The highest BCUT2D eigenvalue weighted by molar-refractivity contribution is 6.00. The lowest BCUT2D eigenvalue weighted by molar-refractivity contribution is -0.141. The van der Waals surface area contributed by atoms with E-state index in [1.807, 2.05) is 49.7 Å². The van der Waals surface area contributed by atoms with Gasteiger partial charge in [-0.15, -0.1) is 0 Å². The number of aromatic nitrogens is 2. The second-order valence-corrected chi connectivity index (χ2v) is 7.22. The van der Waals surface area contributed by atoms with Gasteiger partial charge in [-0.1, -0.05) is 0 Å². The van der Waals surface area contributed by atoms with Gasteiger partial charge in [0.15, 0.2) is 0 Å². The zero-order valence-electron chi connectivity index (χ0n) is 17.2. The molecule has 0 unspecified atom stereocenters. The number of anilines is 1. The van der Waals surface area contributed by atoms with E-state index in [9.17, 15) is 9.59 Å². The summed E-state index contributed by atoms with van der Waals surface area (Å²) in [6, 6.07) is 6.92. The van der Waals surface area contributed by atoms with Crippen molar-refractivity contribution in [2.24, 2.45) is 0 Å². The Bertz CT molecular complexity index is 873. The smallest absolute Gasteiger partial charge is 0.249 e. The Labute approximate surface area is 165 Å². The van der Waals surface area contributed by atoms with Crippen LogP contribution >= 0.6 is 0 Å². The molecule has 28 heavy (non-hydrogen) atoms. The van der Waals surface area contributed by atoms with Crippen molar-refractivity contribution in [3.05, 3.63) is 41.2 Å². The second kappa shape index (κ2) is 8.04. The van der Waals surface area contributed by atoms with Crippen LogP contribution in [0.1, 0.15) is 30.3 Å². The van der Waals surface area contributed by atoms with Crippen LogP contribution in [0.3, 0.4) is 0 Å². The van der Waals surface area contributed by atoms with Crippen LogP contribution in [0.15, 0.2) is 24.3 Å². The standard InChI is InChI=1S/C21H28N4O3/c1-14-15(2)22-25(16(14)3)11-10-20(26)23-12-13-24(21(27)17(23)4)18-6-8-19(28-5)9-7-18/h6-9,17H,10-13H2,1-5H3/t17-/m1/s1. The van der Waals surface area contributed by atoms with Crippen molar-refractivity contribution in [3.8, 4) is 5.75 Å². The molecule has 2 heterocycles. The lowest BCUT2D eigenvalue weighted by atomic mass is 10.1. The van der Waals surface area contributed by atoms with E-state index in [1.54, 1.807) is 23.8 Å². The fourth-order valence-electron chi connectivity index (χ4n) is 3.58. The quantitative estimate of drug-likeness (QED) is 0.794. The summed E-state index contributed by atoms with van der Waals surface area (Å²) in [4.78, 5) is 29.0. The number of methoxy groups -OCH3 is 1. The van der Waals surface area contributed by atoms with Gasteiger partial charge in [0.05, 0.1) is 12.8 Å². The number of rotatable bonds is 5.